The van der Waals surface area contributed by atoms with Gasteiger partial charge in [-0.15, -0.1) is 0 Å². The van der Waals surface area contributed by atoms with E-state index >= 15 is 0 Å². The fraction of sp³-hybridized carbons (Fsp3) is 0.684. The second-order valence-electron chi connectivity index (χ2n) is 6.32. The number of nitrogens with one attached hydrogen (secondary N) is 1. The van der Waals surface area contributed by atoms with Crippen molar-refractivity contribution in [3.63, 3.8) is 0 Å². The molecule has 2 atom stereocenters. The highest BCUT2D eigenvalue weighted by Crippen LogP contribution is 2.40. The van der Waals surface area contributed by atoms with Crippen molar-refractivity contribution in [3.05, 3.63) is 35.4 Å². The van der Waals surface area contributed by atoms with Crippen LogP contribution in [0.5, 0.6) is 0 Å². The van der Waals surface area contributed by atoms with Crippen LogP contribution in [0.2, 0.25) is 0 Å². The van der Waals surface area contributed by atoms with E-state index in [2.05, 4.69) is 50.4 Å². The van der Waals surface area contributed by atoms with Gasteiger partial charge in [0.1, 0.15) is 0 Å². The largest absolute Gasteiger partial charge is 0.377 e. The van der Waals surface area contributed by atoms with Crippen molar-refractivity contribution in [1.82, 2.24) is 5.32 Å². The summed E-state index contributed by atoms with van der Waals surface area (Å²) in [5.41, 5.74) is 3.06. The maximum absolute atomic E-state index is 5.99. The van der Waals surface area contributed by atoms with Crippen molar-refractivity contribution in [2.75, 3.05) is 13.7 Å². The quantitative estimate of drug-likeness (QED) is 0.732. The lowest BCUT2D eigenvalue weighted by atomic mass is 9.71. The van der Waals surface area contributed by atoms with Gasteiger partial charge in [-0.2, -0.15) is 0 Å². The Labute approximate surface area is 130 Å². The summed E-state index contributed by atoms with van der Waals surface area (Å²) < 4.78 is 5.99. The van der Waals surface area contributed by atoms with Gasteiger partial charge in [-0.05, 0) is 55.7 Å². The smallest absolute Gasteiger partial charge is 0.0825 e. The molecule has 2 unspecified atom stereocenters. The van der Waals surface area contributed by atoms with Crippen LogP contribution in [0.15, 0.2) is 24.3 Å². The summed E-state index contributed by atoms with van der Waals surface area (Å²) in [5.74, 6) is 0.697. The topological polar surface area (TPSA) is 21.3 Å². The lowest BCUT2D eigenvalue weighted by molar-refractivity contribution is -0.0514. The molecule has 0 aliphatic heterocycles. The van der Waals surface area contributed by atoms with E-state index in [1.54, 1.807) is 5.56 Å². The number of fused-ring (bicyclic) bond motifs is 1. The molecule has 0 amide bonds. The molecule has 1 aromatic carbocycles. The molecule has 0 fully saturated rings. The van der Waals surface area contributed by atoms with Crippen LogP contribution in [0.4, 0.5) is 0 Å². The summed E-state index contributed by atoms with van der Waals surface area (Å²) >= 11 is 0. The minimum atomic E-state index is -0.0281. The standard InChI is InChI=1S/C19H31NO/c1-5-12-20-18(19(6-2,7-3)21-4)14-16-13-15-10-8-9-11-17(15)16/h8-11,16,18,20H,5-7,12-14H2,1-4H3. The van der Waals surface area contributed by atoms with Crippen LogP contribution in [-0.2, 0) is 11.2 Å². The van der Waals surface area contributed by atoms with E-state index in [4.69, 9.17) is 4.74 Å². The second kappa shape index (κ2) is 7.42. The van der Waals surface area contributed by atoms with Crippen molar-refractivity contribution in [2.24, 2.45) is 0 Å². The zero-order chi connectivity index (χ0) is 15.3. The van der Waals surface area contributed by atoms with Gasteiger partial charge in [0.25, 0.3) is 0 Å². The van der Waals surface area contributed by atoms with Crippen molar-refractivity contribution < 1.29 is 4.74 Å². The normalized spacial score (nSPS) is 19.0. The molecule has 2 nitrogen and oxygen atoms in total. The Bertz CT molecular complexity index is 431. The Morgan fingerprint density at radius 1 is 1.24 bits per heavy atom. The Kier molecular flexibility index (Phi) is 5.83. The lowest BCUT2D eigenvalue weighted by Gasteiger charge is -2.43. The van der Waals surface area contributed by atoms with Crippen LogP contribution in [-0.4, -0.2) is 25.3 Å². The van der Waals surface area contributed by atoms with E-state index in [0.29, 0.717) is 12.0 Å². The third-order valence-electron chi connectivity index (χ3n) is 5.36. The average molecular weight is 289 g/mol. The first-order valence-electron chi connectivity index (χ1n) is 8.57. The van der Waals surface area contributed by atoms with Gasteiger partial charge in [-0.1, -0.05) is 45.0 Å². The first kappa shape index (κ1) is 16.5. The second-order valence-corrected chi connectivity index (χ2v) is 6.32. The highest BCUT2D eigenvalue weighted by atomic mass is 16.5. The van der Waals surface area contributed by atoms with E-state index in [-0.39, 0.29) is 5.60 Å². The van der Waals surface area contributed by atoms with Crippen molar-refractivity contribution in [3.8, 4) is 0 Å². The molecule has 1 aliphatic carbocycles. The molecular formula is C19H31NO. The summed E-state index contributed by atoms with van der Waals surface area (Å²) in [7, 11) is 1.88. The van der Waals surface area contributed by atoms with E-state index in [9.17, 15) is 0 Å². The molecule has 0 saturated heterocycles. The molecule has 1 aliphatic rings. The molecule has 0 spiro atoms. The van der Waals surface area contributed by atoms with Crippen molar-refractivity contribution >= 4 is 0 Å². The molecular weight excluding hydrogens is 258 g/mol. The number of hydrogen-bond acceptors (Lipinski definition) is 2. The summed E-state index contributed by atoms with van der Waals surface area (Å²) in [6.07, 6.45) is 5.72. The molecule has 0 radical (unpaired) electrons. The summed E-state index contributed by atoms with van der Waals surface area (Å²) in [5, 5.41) is 3.77. The molecule has 21 heavy (non-hydrogen) atoms. The molecule has 1 N–H and O–H groups in total. The van der Waals surface area contributed by atoms with Gasteiger partial charge in [0.2, 0.25) is 0 Å². The van der Waals surface area contributed by atoms with Gasteiger partial charge in [0.15, 0.2) is 0 Å². The van der Waals surface area contributed by atoms with E-state index in [1.165, 1.54) is 24.8 Å². The predicted molar refractivity (Wildman–Crippen MR) is 89.9 cm³/mol. The fourth-order valence-electron chi connectivity index (χ4n) is 3.83. The fourth-order valence-corrected chi connectivity index (χ4v) is 3.83. The Hall–Kier alpha value is -0.860. The Balaban J connectivity index is 2.10. The maximum atomic E-state index is 5.99. The minimum Gasteiger partial charge on any atom is -0.377 e. The van der Waals surface area contributed by atoms with Crippen LogP contribution in [0.1, 0.15) is 63.5 Å². The van der Waals surface area contributed by atoms with Gasteiger partial charge in [0, 0.05) is 13.2 Å². The van der Waals surface area contributed by atoms with Crippen LogP contribution >= 0.6 is 0 Å². The number of methoxy groups -OCH3 is 1. The number of ether oxygens (including phenoxy) is 1. The first-order chi connectivity index (χ1) is 10.2. The maximum Gasteiger partial charge on any atom is 0.0825 e. The highest BCUT2D eigenvalue weighted by Gasteiger charge is 2.39. The predicted octanol–water partition coefficient (Wildman–Crippen LogP) is 4.29. The van der Waals surface area contributed by atoms with Crippen molar-refractivity contribution in [2.45, 2.75) is 70.4 Å². The van der Waals surface area contributed by atoms with E-state index < -0.39 is 0 Å². The average Bonchev–Trinajstić information content (AvgIpc) is 2.51. The minimum absolute atomic E-state index is 0.0281. The number of rotatable bonds is 9. The summed E-state index contributed by atoms with van der Waals surface area (Å²) in [6, 6.07) is 9.33. The molecule has 1 aromatic rings. The first-order valence-corrected chi connectivity index (χ1v) is 8.57. The number of hydrogen-bond donors (Lipinski definition) is 1. The third-order valence-corrected chi connectivity index (χ3v) is 5.36. The van der Waals surface area contributed by atoms with Gasteiger partial charge >= 0.3 is 0 Å². The van der Waals surface area contributed by atoms with Gasteiger partial charge in [0.05, 0.1) is 5.60 Å². The highest BCUT2D eigenvalue weighted by molar-refractivity contribution is 5.40. The Morgan fingerprint density at radius 3 is 2.52 bits per heavy atom. The van der Waals surface area contributed by atoms with Crippen LogP contribution in [0, 0.1) is 0 Å². The molecule has 118 valence electrons. The lowest BCUT2D eigenvalue weighted by Crippen LogP contribution is -2.53. The molecule has 2 rings (SSSR count). The van der Waals surface area contributed by atoms with Crippen LogP contribution in [0.3, 0.4) is 0 Å². The Morgan fingerprint density at radius 2 is 1.95 bits per heavy atom. The van der Waals surface area contributed by atoms with Gasteiger partial charge in [-0.25, -0.2) is 0 Å². The molecule has 0 saturated carbocycles. The van der Waals surface area contributed by atoms with Gasteiger partial charge < -0.3 is 10.1 Å². The SMILES string of the molecule is CCCNC(CC1Cc2ccccc21)C(CC)(CC)OC. The summed E-state index contributed by atoms with van der Waals surface area (Å²) in [6.45, 7) is 7.81. The zero-order valence-electron chi connectivity index (χ0n) is 14.1. The molecule has 0 heterocycles. The van der Waals surface area contributed by atoms with Gasteiger partial charge in [-0.3, -0.25) is 0 Å². The molecule has 0 bridgehead atoms. The van der Waals surface area contributed by atoms with Crippen molar-refractivity contribution in [1.29, 1.82) is 0 Å². The third kappa shape index (κ3) is 3.32. The number of benzene rings is 1. The van der Waals surface area contributed by atoms with E-state index in [0.717, 1.165) is 19.4 Å². The monoisotopic (exact) mass is 289 g/mol. The van der Waals surface area contributed by atoms with Crippen LogP contribution < -0.4 is 5.32 Å². The zero-order valence-corrected chi connectivity index (χ0v) is 14.1. The van der Waals surface area contributed by atoms with Crippen LogP contribution in [0.25, 0.3) is 0 Å². The molecule has 2 heteroatoms. The molecule has 0 aromatic heterocycles. The van der Waals surface area contributed by atoms with E-state index in [1.807, 2.05) is 7.11 Å². The summed E-state index contributed by atoms with van der Waals surface area (Å²) in [4.78, 5) is 0.